The van der Waals surface area contributed by atoms with E-state index in [2.05, 4.69) is 15.2 Å². The highest BCUT2D eigenvalue weighted by Crippen LogP contribution is 2.30. The first kappa shape index (κ1) is 21.1. The monoisotopic (exact) mass is 453 g/mol. The zero-order valence-electron chi connectivity index (χ0n) is 18.4. The third-order valence-electron chi connectivity index (χ3n) is 5.21. The van der Waals surface area contributed by atoms with E-state index in [1.54, 1.807) is 37.6 Å². The Kier molecular flexibility index (Phi) is 5.61. The Balaban J connectivity index is 1.38. The van der Waals surface area contributed by atoms with Crippen molar-refractivity contribution in [2.75, 3.05) is 14.2 Å². The standard InChI is InChI=1S/C26H19N3O5/c1-31-21-12-10-16(11-13-21)22-15-27-23(33-22)19-4-3-5-20(14-19)25-29-28-24(34-25)17-6-8-18(9-7-17)26(30)32-2/h3-15H,1-2H3. The summed E-state index contributed by atoms with van der Waals surface area (Å²) in [6, 6.07) is 21.8. The lowest BCUT2D eigenvalue weighted by atomic mass is 10.1. The van der Waals surface area contributed by atoms with E-state index in [-0.39, 0.29) is 0 Å². The van der Waals surface area contributed by atoms with Gasteiger partial charge in [0, 0.05) is 22.3 Å². The van der Waals surface area contributed by atoms with Gasteiger partial charge >= 0.3 is 5.97 Å². The van der Waals surface area contributed by atoms with E-state index in [0.717, 1.165) is 22.4 Å². The van der Waals surface area contributed by atoms with Gasteiger partial charge in [0.05, 0.1) is 26.0 Å². The van der Waals surface area contributed by atoms with Crippen molar-refractivity contribution in [1.29, 1.82) is 0 Å². The molecule has 0 bridgehead atoms. The second-order valence-electron chi connectivity index (χ2n) is 7.32. The number of ether oxygens (including phenoxy) is 2. The van der Waals surface area contributed by atoms with E-state index in [4.69, 9.17) is 18.3 Å². The molecule has 5 aromatic rings. The number of benzene rings is 3. The van der Waals surface area contributed by atoms with Crippen molar-refractivity contribution in [3.8, 4) is 51.4 Å². The molecule has 0 saturated carbocycles. The van der Waals surface area contributed by atoms with Gasteiger partial charge in [-0.3, -0.25) is 0 Å². The summed E-state index contributed by atoms with van der Waals surface area (Å²) >= 11 is 0. The molecule has 0 atom stereocenters. The molecule has 0 aliphatic rings. The van der Waals surface area contributed by atoms with E-state index >= 15 is 0 Å². The first-order valence-electron chi connectivity index (χ1n) is 10.4. The van der Waals surface area contributed by atoms with Crippen LogP contribution in [-0.2, 0) is 4.74 Å². The van der Waals surface area contributed by atoms with Crippen LogP contribution in [-0.4, -0.2) is 35.4 Å². The summed E-state index contributed by atoms with van der Waals surface area (Å²) in [5.41, 5.74) is 3.54. The number of rotatable bonds is 6. The SMILES string of the molecule is COC(=O)c1ccc(-c2nnc(-c3cccc(-c4ncc(-c5ccc(OC)cc5)o4)c3)o2)cc1. The highest BCUT2D eigenvalue weighted by Gasteiger charge is 2.14. The molecule has 0 amide bonds. The Bertz CT molecular complexity index is 1440. The van der Waals surface area contributed by atoms with Crippen molar-refractivity contribution >= 4 is 5.97 Å². The van der Waals surface area contributed by atoms with Crippen LogP contribution >= 0.6 is 0 Å². The third kappa shape index (κ3) is 4.16. The predicted molar refractivity (Wildman–Crippen MR) is 124 cm³/mol. The molecule has 0 N–H and O–H groups in total. The number of carbonyl (C=O) groups excluding carboxylic acids is 1. The number of aromatic nitrogens is 3. The second kappa shape index (κ2) is 9.03. The van der Waals surface area contributed by atoms with Crippen molar-refractivity contribution in [2.45, 2.75) is 0 Å². The van der Waals surface area contributed by atoms with Crippen molar-refractivity contribution in [2.24, 2.45) is 0 Å². The molecule has 0 unspecified atom stereocenters. The Morgan fingerprint density at radius 2 is 1.38 bits per heavy atom. The molecule has 8 nitrogen and oxygen atoms in total. The molecule has 0 spiro atoms. The maximum atomic E-state index is 11.6. The van der Waals surface area contributed by atoms with Crippen molar-refractivity contribution in [1.82, 2.24) is 15.2 Å². The van der Waals surface area contributed by atoms with E-state index in [9.17, 15) is 4.79 Å². The van der Waals surface area contributed by atoms with E-state index in [1.807, 2.05) is 48.5 Å². The lowest BCUT2D eigenvalue weighted by Gasteiger charge is -2.01. The molecule has 8 heteroatoms. The summed E-state index contributed by atoms with van der Waals surface area (Å²) < 4.78 is 21.8. The van der Waals surface area contributed by atoms with Gasteiger partial charge in [0.1, 0.15) is 5.75 Å². The number of carbonyl (C=O) groups is 1. The zero-order valence-corrected chi connectivity index (χ0v) is 18.4. The van der Waals surface area contributed by atoms with Gasteiger partial charge in [-0.05, 0) is 66.7 Å². The summed E-state index contributed by atoms with van der Waals surface area (Å²) in [5, 5.41) is 8.30. The van der Waals surface area contributed by atoms with Crippen LogP contribution in [0.1, 0.15) is 10.4 Å². The van der Waals surface area contributed by atoms with Crippen molar-refractivity contribution in [3.63, 3.8) is 0 Å². The molecule has 0 aliphatic carbocycles. The number of nitrogens with zero attached hydrogens (tertiary/aromatic N) is 3. The normalized spacial score (nSPS) is 10.8. The average molecular weight is 453 g/mol. The predicted octanol–water partition coefficient (Wildman–Crippen LogP) is 5.52. The van der Waals surface area contributed by atoms with Gasteiger partial charge in [-0.2, -0.15) is 0 Å². The summed E-state index contributed by atoms with van der Waals surface area (Å²) in [4.78, 5) is 16.0. The van der Waals surface area contributed by atoms with Gasteiger partial charge in [0.15, 0.2) is 5.76 Å². The van der Waals surface area contributed by atoms with Crippen molar-refractivity contribution in [3.05, 3.63) is 84.6 Å². The third-order valence-corrected chi connectivity index (χ3v) is 5.21. The van der Waals surface area contributed by atoms with Gasteiger partial charge < -0.3 is 18.3 Å². The Morgan fingerprint density at radius 3 is 2.06 bits per heavy atom. The summed E-state index contributed by atoms with van der Waals surface area (Å²) in [6.45, 7) is 0. The van der Waals surface area contributed by atoms with Gasteiger partial charge in [-0.15, -0.1) is 10.2 Å². The van der Waals surface area contributed by atoms with Crippen LogP contribution in [0.15, 0.2) is 87.8 Å². The minimum absolute atomic E-state index is 0.342. The van der Waals surface area contributed by atoms with E-state index in [0.29, 0.717) is 34.6 Å². The quantitative estimate of drug-likeness (QED) is 0.310. The fourth-order valence-corrected chi connectivity index (χ4v) is 3.40. The first-order valence-corrected chi connectivity index (χ1v) is 10.4. The Labute approximate surface area is 194 Å². The summed E-state index contributed by atoms with van der Waals surface area (Å²) in [6.07, 6.45) is 1.69. The number of hydrogen-bond donors (Lipinski definition) is 0. The van der Waals surface area contributed by atoms with Crippen LogP contribution in [0.2, 0.25) is 0 Å². The van der Waals surface area contributed by atoms with Crippen LogP contribution in [0.5, 0.6) is 5.75 Å². The summed E-state index contributed by atoms with van der Waals surface area (Å²) in [7, 11) is 2.97. The van der Waals surface area contributed by atoms with Crippen LogP contribution in [0, 0.1) is 0 Å². The molecule has 0 aliphatic heterocycles. The molecule has 0 radical (unpaired) electrons. The second-order valence-corrected chi connectivity index (χ2v) is 7.32. The molecule has 2 aromatic heterocycles. The number of oxazole rings is 1. The van der Waals surface area contributed by atoms with E-state index in [1.165, 1.54) is 7.11 Å². The number of hydrogen-bond acceptors (Lipinski definition) is 8. The molecule has 0 saturated heterocycles. The maximum Gasteiger partial charge on any atom is 0.337 e. The fraction of sp³-hybridized carbons (Fsp3) is 0.0769. The van der Waals surface area contributed by atoms with E-state index < -0.39 is 5.97 Å². The topological polar surface area (TPSA) is 100 Å². The Hall–Kier alpha value is -4.72. The largest absolute Gasteiger partial charge is 0.497 e. The molecule has 0 fully saturated rings. The summed E-state index contributed by atoms with van der Waals surface area (Å²) in [5.74, 6) is 2.20. The lowest BCUT2D eigenvalue weighted by Crippen LogP contribution is -2.00. The Morgan fingerprint density at radius 1 is 0.735 bits per heavy atom. The minimum atomic E-state index is -0.406. The molecule has 168 valence electrons. The van der Waals surface area contributed by atoms with Gasteiger partial charge in [-0.1, -0.05) is 6.07 Å². The minimum Gasteiger partial charge on any atom is -0.497 e. The molecular weight excluding hydrogens is 434 g/mol. The van der Waals surface area contributed by atoms with Crippen molar-refractivity contribution < 1.29 is 23.1 Å². The molecule has 3 aromatic carbocycles. The fourth-order valence-electron chi connectivity index (χ4n) is 3.40. The molecule has 2 heterocycles. The smallest absolute Gasteiger partial charge is 0.337 e. The number of methoxy groups -OCH3 is 2. The molecular formula is C26H19N3O5. The van der Waals surface area contributed by atoms with Gasteiger partial charge in [0.2, 0.25) is 17.7 Å². The lowest BCUT2D eigenvalue weighted by molar-refractivity contribution is 0.0600. The molecule has 34 heavy (non-hydrogen) atoms. The molecule has 5 rings (SSSR count). The van der Waals surface area contributed by atoms with Crippen LogP contribution in [0.3, 0.4) is 0 Å². The van der Waals surface area contributed by atoms with Crippen LogP contribution in [0.25, 0.3) is 45.7 Å². The highest BCUT2D eigenvalue weighted by molar-refractivity contribution is 5.89. The highest BCUT2D eigenvalue weighted by atomic mass is 16.5. The van der Waals surface area contributed by atoms with Crippen LogP contribution < -0.4 is 4.74 Å². The zero-order chi connectivity index (χ0) is 23.5. The average Bonchev–Trinajstić information content (AvgIpc) is 3.59. The maximum absolute atomic E-state index is 11.6. The van der Waals surface area contributed by atoms with Gasteiger partial charge in [0.25, 0.3) is 0 Å². The number of esters is 1. The van der Waals surface area contributed by atoms with Crippen LogP contribution in [0.4, 0.5) is 0 Å². The first-order chi connectivity index (χ1) is 16.6. The van der Waals surface area contributed by atoms with Gasteiger partial charge in [-0.25, -0.2) is 9.78 Å².